The molecule has 0 aromatic heterocycles. The van der Waals surface area contributed by atoms with E-state index in [9.17, 15) is 8.78 Å². The van der Waals surface area contributed by atoms with E-state index in [1.165, 1.54) is 18.2 Å². The van der Waals surface area contributed by atoms with Crippen molar-refractivity contribution in [3.63, 3.8) is 0 Å². The minimum atomic E-state index is -0.258. The summed E-state index contributed by atoms with van der Waals surface area (Å²) in [4.78, 5) is 0. The van der Waals surface area contributed by atoms with Gasteiger partial charge in [-0.15, -0.1) is 0 Å². The average molecular weight is 340 g/mol. The highest BCUT2D eigenvalue weighted by molar-refractivity contribution is 9.10. The van der Waals surface area contributed by atoms with E-state index >= 15 is 0 Å². The molecule has 106 valence electrons. The zero-order valence-electron chi connectivity index (χ0n) is 11.2. The molecule has 0 fully saturated rings. The first-order valence-electron chi connectivity index (χ1n) is 6.44. The Kier molecular flexibility index (Phi) is 5.26. The zero-order chi connectivity index (χ0) is 14.5. The third-order valence-electron chi connectivity index (χ3n) is 3.27. The van der Waals surface area contributed by atoms with Crippen LogP contribution in [0.1, 0.15) is 17.0 Å². The predicted octanol–water partition coefficient (Wildman–Crippen LogP) is 4.27. The number of benzene rings is 2. The highest BCUT2D eigenvalue weighted by Crippen LogP contribution is 2.24. The van der Waals surface area contributed by atoms with Crippen LogP contribution in [0.3, 0.4) is 0 Å². The molecule has 0 saturated heterocycles. The summed E-state index contributed by atoms with van der Waals surface area (Å²) in [5, 5.41) is 3.11. The largest absolute Gasteiger partial charge is 0.319 e. The van der Waals surface area contributed by atoms with Crippen LogP contribution in [0.2, 0.25) is 0 Å². The molecule has 0 saturated carbocycles. The van der Waals surface area contributed by atoms with Gasteiger partial charge in [0.1, 0.15) is 11.6 Å². The molecule has 1 nitrogen and oxygen atoms in total. The van der Waals surface area contributed by atoms with Crippen LogP contribution < -0.4 is 5.32 Å². The molecule has 1 N–H and O–H groups in total. The Morgan fingerprint density at radius 1 is 1.10 bits per heavy atom. The standard InChI is InChI=1S/C16H16BrF2N/c1-20-10-13(11-3-6-15(18)7-4-11)8-12-2-5-14(17)9-16(12)19/h2-7,9,13,20H,8,10H2,1H3. The van der Waals surface area contributed by atoms with Gasteiger partial charge in [0.05, 0.1) is 0 Å². The maximum atomic E-state index is 13.9. The van der Waals surface area contributed by atoms with Gasteiger partial charge in [0, 0.05) is 16.9 Å². The first-order valence-corrected chi connectivity index (χ1v) is 7.23. The Morgan fingerprint density at radius 3 is 2.40 bits per heavy atom. The summed E-state index contributed by atoms with van der Waals surface area (Å²) in [6.07, 6.45) is 0.575. The summed E-state index contributed by atoms with van der Waals surface area (Å²) in [5.41, 5.74) is 1.67. The molecule has 0 aliphatic rings. The smallest absolute Gasteiger partial charge is 0.127 e. The van der Waals surface area contributed by atoms with E-state index in [2.05, 4.69) is 21.2 Å². The first kappa shape index (κ1) is 15.1. The molecule has 2 aromatic rings. The maximum absolute atomic E-state index is 13.9. The lowest BCUT2D eigenvalue weighted by Crippen LogP contribution is -2.19. The summed E-state index contributed by atoms with van der Waals surface area (Å²) >= 11 is 3.25. The second-order valence-electron chi connectivity index (χ2n) is 4.75. The van der Waals surface area contributed by atoms with Crippen LogP contribution in [0.4, 0.5) is 8.78 Å². The molecule has 1 unspecified atom stereocenters. The van der Waals surface area contributed by atoms with E-state index in [1.54, 1.807) is 18.2 Å². The molecular weight excluding hydrogens is 324 g/mol. The van der Waals surface area contributed by atoms with E-state index in [1.807, 2.05) is 13.1 Å². The quantitative estimate of drug-likeness (QED) is 0.857. The summed E-state index contributed by atoms with van der Waals surface area (Å²) in [5.74, 6) is -0.370. The number of rotatable bonds is 5. The number of likely N-dealkylation sites (N-methyl/N-ethyl adjacent to an activating group) is 1. The molecule has 0 spiro atoms. The molecule has 0 radical (unpaired) electrons. The van der Waals surface area contributed by atoms with Crippen molar-refractivity contribution >= 4 is 15.9 Å². The SMILES string of the molecule is CNCC(Cc1ccc(Br)cc1F)c1ccc(F)cc1. The third-order valence-corrected chi connectivity index (χ3v) is 3.77. The van der Waals surface area contributed by atoms with Gasteiger partial charge in [-0.2, -0.15) is 0 Å². The highest BCUT2D eigenvalue weighted by Gasteiger charge is 2.14. The van der Waals surface area contributed by atoms with Crippen LogP contribution >= 0.6 is 15.9 Å². The van der Waals surface area contributed by atoms with E-state index in [-0.39, 0.29) is 17.6 Å². The normalized spacial score (nSPS) is 12.4. The van der Waals surface area contributed by atoms with Gasteiger partial charge in [0.2, 0.25) is 0 Å². The molecule has 0 heterocycles. The van der Waals surface area contributed by atoms with Gasteiger partial charge < -0.3 is 5.32 Å². The second-order valence-corrected chi connectivity index (χ2v) is 5.66. The zero-order valence-corrected chi connectivity index (χ0v) is 12.8. The number of halogens is 3. The average Bonchev–Trinajstić information content (AvgIpc) is 2.42. The fourth-order valence-corrected chi connectivity index (χ4v) is 2.58. The molecule has 2 rings (SSSR count). The summed E-state index contributed by atoms with van der Waals surface area (Å²) < 4.78 is 27.6. The fourth-order valence-electron chi connectivity index (χ4n) is 2.24. The number of nitrogens with one attached hydrogen (secondary N) is 1. The Bertz CT molecular complexity index is 569. The lowest BCUT2D eigenvalue weighted by atomic mass is 9.91. The first-order chi connectivity index (χ1) is 9.60. The fraction of sp³-hybridized carbons (Fsp3) is 0.250. The van der Waals surface area contributed by atoms with Crippen molar-refractivity contribution in [2.24, 2.45) is 0 Å². The van der Waals surface area contributed by atoms with E-state index in [0.717, 1.165) is 10.0 Å². The van der Waals surface area contributed by atoms with Gasteiger partial charge in [0.25, 0.3) is 0 Å². The molecule has 0 aliphatic carbocycles. The molecule has 0 amide bonds. The van der Waals surface area contributed by atoms with E-state index in [0.29, 0.717) is 18.5 Å². The molecule has 2 aromatic carbocycles. The van der Waals surface area contributed by atoms with Crippen LogP contribution in [0.15, 0.2) is 46.9 Å². The van der Waals surface area contributed by atoms with Crippen molar-refractivity contribution in [3.8, 4) is 0 Å². The summed E-state index contributed by atoms with van der Waals surface area (Å²) in [6, 6.07) is 11.5. The minimum absolute atomic E-state index is 0.108. The highest BCUT2D eigenvalue weighted by atomic mass is 79.9. The minimum Gasteiger partial charge on any atom is -0.319 e. The lowest BCUT2D eigenvalue weighted by molar-refractivity contribution is 0.572. The monoisotopic (exact) mass is 339 g/mol. The Hall–Kier alpha value is -1.26. The van der Waals surface area contributed by atoms with Gasteiger partial charge in [-0.3, -0.25) is 0 Å². The Morgan fingerprint density at radius 2 is 1.80 bits per heavy atom. The van der Waals surface area contributed by atoms with Crippen molar-refractivity contribution in [2.45, 2.75) is 12.3 Å². The van der Waals surface area contributed by atoms with Gasteiger partial charge in [-0.1, -0.05) is 34.1 Å². The van der Waals surface area contributed by atoms with Crippen LogP contribution in [-0.2, 0) is 6.42 Å². The molecule has 0 bridgehead atoms. The van der Waals surface area contributed by atoms with Crippen molar-refractivity contribution in [1.82, 2.24) is 5.32 Å². The molecule has 20 heavy (non-hydrogen) atoms. The van der Waals surface area contributed by atoms with Crippen molar-refractivity contribution in [3.05, 3.63) is 69.7 Å². The number of hydrogen-bond donors (Lipinski definition) is 1. The third kappa shape index (κ3) is 3.87. The van der Waals surface area contributed by atoms with Crippen molar-refractivity contribution in [1.29, 1.82) is 0 Å². The van der Waals surface area contributed by atoms with Crippen LogP contribution in [0.25, 0.3) is 0 Å². The van der Waals surface area contributed by atoms with Crippen LogP contribution in [0.5, 0.6) is 0 Å². The maximum Gasteiger partial charge on any atom is 0.127 e. The topological polar surface area (TPSA) is 12.0 Å². The molecule has 1 atom stereocenters. The van der Waals surface area contributed by atoms with Crippen molar-refractivity contribution in [2.75, 3.05) is 13.6 Å². The molecular formula is C16H16BrF2N. The van der Waals surface area contributed by atoms with Gasteiger partial charge in [-0.25, -0.2) is 8.78 Å². The Labute approximate surface area is 126 Å². The van der Waals surface area contributed by atoms with E-state index in [4.69, 9.17) is 0 Å². The van der Waals surface area contributed by atoms with Gasteiger partial charge >= 0.3 is 0 Å². The predicted molar refractivity (Wildman–Crippen MR) is 80.9 cm³/mol. The van der Waals surface area contributed by atoms with Gasteiger partial charge in [0.15, 0.2) is 0 Å². The van der Waals surface area contributed by atoms with E-state index < -0.39 is 0 Å². The second kappa shape index (κ2) is 6.95. The van der Waals surface area contributed by atoms with Crippen LogP contribution in [0, 0.1) is 11.6 Å². The molecule has 0 aliphatic heterocycles. The Balaban J connectivity index is 2.22. The lowest BCUT2D eigenvalue weighted by Gasteiger charge is -2.17. The molecule has 4 heteroatoms. The summed E-state index contributed by atoms with van der Waals surface area (Å²) in [7, 11) is 1.86. The number of hydrogen-bond acceptors (Lipinski definition) is 1. The summed E-state index contributed by atoms with van der Waals surface area (Å²) in [6.45, 7) is 0.709. The van der Waals surface area contributed by atoms with Crippen LogP contribution in [-0.4, -0.2) is 13.6 Å². The van der Waals surface area contributed by atoms with Gasteiger partial charge in [-0.05, 0) is 48.9 Å². The van der Waals surface area contributed by atoms with Crippen molar-refractivity contribution < 1.29 is 8.78 Å².